The van der Waals surface area contributed by atoms with Gasteiger partial charge in [-0.05, 0) is 37.1 Å². The predicted octanol–water partition coefficient (Wildman–Crippen LogP) is 3.60. The van der Waals surface area contributed by atoms with Crippen molar-refractivity contribution in [2.45, 2.75) is 26.9 Å². The molecule has 11 heteroatoms. The molecule has 1 aromatic carbocycles. The zero-order chi connectivity index (χ0) is 23.4. The molecule has 33 heavy (non-hydrogen) atoms. The maximum Gasteiger partial charge on any atom is 0.275 e. The molecule has 3 aromatic heterocycles. The lowest BCUT2D eigenvalue weighted by molar-refractivity contribution is -0.112. The average molecular weight is 479 g/mol. The van der Waals surface area contributed by atoms with Crippen LogP contribution in [0.15, 0.2) is 46.9 Å². The van der Waals surface area contributed by atoms with Gasteiger partial charge in [-0.1, -0.05) is 30.4 Å². The third kappa shape index (κ3) is 5.31. The van der Waals surface area contributed by atoms with Crippen LogP contribution in [0.1, 0.15) is 28.1 Å². The van der Waals surface area contributed by atoms with Gasteiger partial charge in [-0.25, -0.2) is 9.97 Å². The number of hydrogen-bond donors (Lipinski definition) is 1. The highest BCUT2D eigenvalue weighted by Gasteiger charge is 2.12. The van der Waals surface area contributed by atoms with Crippen LogP contribution in [0.2, 0.25) is 0 Å². The molecule has 9 nitrogen and oxygen atoms in total. The zero-order valence-corrected chi connectivity index (χ0v) is 19.4. The third-order valence-electron chi connectivity index (χ3n) is 4.43. The molecule has 0 unspecified atom stereocenters. The van der Waals surface area contributed by atoms with Crippen molar-refractivity contribution < 1.29 is 9.53 Å². The van der Waals surface area contributed by atoms with Gasteiger partial charge in [-0.15, -0.1) is 11.3 Å². The molecule has 0 aliphatic carbocycles. The van der Waals surface area contributed by atoms with Gasteiger partial charge in [0.1, 0.15) is 29.0 Å². The lowest BCUT2D eigenvalue weighted by Gasteiger charge is -2.06. The molecular weight excluding hydrogens is 460 g/mol. The maximum absolute atomic E-state index is 12.3. The van der Waals surface area contributed by atoms with Crippen LogP contribution in [0.4, 0.5) is 5.13 Å². The van der Waals surface area contributed by atoms with Crippen LogP contribution >= 0.6 is 22.7 Å². The molecule has 0 saturated heterocycles. The Bertz CT molecular complexity index is 1440. The van der Waals surface area contributed by atoms with Crippen molar-refractivity contribution in [2.24, 2.45) is 0 Å². The number of hydrogen-bond acceptors (Lipinski definition) is 9. The molecule has 1 amide bonds. The molecule has 3 heterocycles. The molecule has 0 fully saturated rings. The predicted molar refractivity (Wildman–Crippen MR) is 126 cm³/mol. The lowest BCUT2D eigenvalue weighted by Crippen LogP contribution is -2.16. The van der Waals surface area contributed by atoms with Gasteiger partial charge in [0, 0.05) is 17.1 Å². The van der Waals surface area contributed by atoms with Crippen LogP contribution < -0.4 is 15.6 Å². The summed E-state index contributed by atoms with van der Waals surface area (Å²) in [6, 6.07) is 10.2. The Morgan fingerprint density at radius 2 is 2.09 bits per heavy atom. The van der Waals surface area contributed by atoms with Crippen LogP contribution in [-0.2, 0) is 17.8 Å². The van der Waals surface area contributed by atoms with E-state index in [1.165, 1.54) is 39.3 Å². The molecule has 0 radical (unpaired) electrons. The molecule has 4 aromatic rings. The van der Waals surface area contributed by atoms with Gasteiger partial charge in [0.25, 0.3) is 11.5 Å². The monoisotopic (exact) mass is 478 g/mol. The number of anilines is 1. The first-order valence-corrected chi connectivity index (χ1v) is 11.6. The smallest absolute Gasteiger partial charge is 0.275 e. The second kappa shape index (κ2) is 9.72. The number of amides is 1. The summed E-state index contributed by atoms with van der Waals surface area (Å²) in [5, 5.41) is 17.5. The number of carbonyl (C=O) groups is 1. The van der Waals surface area contributed by atoms with Crippen molar-refractivity contribution in [2.75, 3.05) is 5.32 Å². The molecular formula is C22H18N6O3S2. The van der Waals surface area contributed by atoms with Crippen molar-refractivity contribution >= 4 is 44.7 Å². The Hall–Kier alpha value is -3.88. The first-order valence-electron chi connectivity index (χ1n) is 9.92. The second-order valence-corrected chi connectivity index (χ2v) is 9.16. The summed E-state index contributed by atoms with van der Waals surface area (Å²) in [7, 11) is 0. The van der Waals surface area contributed by atoms with Crippen molar-refractivity contribution in [1.29, 1.82) is 5.26 Å². The quantitative estimate of drug-likeness (QED) is 0.318. The standard InChI is InChI=1S/C22H18N6O3S2/c1-3-18-27-28-19(29)9-16(25-22(28)33-18)12-31-17-6-4-14(5-7-17)8-15(10-23)20(30)26-21-24-11-13(2)32-21/h4-9,11H,3,12H2,1-2H3,(H,24,26,30). The Balaban J connectivity index is 1.42. The van der Waals surface area contributed by atoms with E-state index in [0.29, 0.717) is 27.1 Å². The number of nitrogens with zero attached hydrogens (tertiary/aromatic N) is 5. The molecule has 1 N–H and O–H groups in total. The minimum atomic E-state index is -0.519. The molecule has 4 rings (SSSR count). The van der Waals surface area contributed by atoms with E-state index < -0.39 is 5.91 Å². The summed E-state index contributed by atoms with van der Waals surface area (Å²) >= 11 is 2.71. The minimum absolute atomic E-state index is 0.0366. The Labute approximate surface area is 196 Å². The van der Waals surface area contributed by atoms with Gasteiger partial charge < -0.3 is 4.74 Å². The summed E-state index contributed by atoms with van der Waals surface area (Å²) in [5.41, 5.74) is 0.894. The number of thiazole rings is 1. The van der Waals surface area contributed by atoms with Crippen molar-refractivity contribution in [3.8, 4) is 11.8 Å². The van der Waals surface area contributed by atoms with Gasteiger partial charge in [0.2, 0.25) is 4.96 Å². The van der Waals surface area contributed by atoms with E-state index in [0.717, 1.165) is 16.3 Å². The molecule has 166 valence electrons. The topological polar surface area (TPSA) is 122 Å². The van der Waals surface area contributed by atoms with Crippen LogP contribution in [0.3, 0.4) is 0 Å². The van der Waals surface area contributed by atoms with E-state index in [-0.39, 0.29) is 17.7 Å². The number of rotatable bonds is 7. The Morgan fingerprint density at radius 1 is 1.30 bits per heavy atom. The number of fused-ring (bicyclic) bond motifs is 1. The summed E-state index contributed by atoms with van der Waals surface area (Å²) in [6.45, 7) is 3.98. The van der Waals surface area contributed by atoms with Crippen LogP contribution in [0.5, 0.6) is 5.75 Å². The molecule has 0 spiro atoms. The average Bonchev–Trinajstić information content (AvgIpc) is 3.42. The number of nitrogens with one attached hydrogen (secondary N) is 1. The lowest BCUT2D eigenvalue weighted by atomic mass is 10.1. The highest BCUT2D eigenvalue weighted by atomic mass is 32.1. The van der Waals surface area contributed by atoms with E-state index in [2.05, 4.69) is 20.4 Å². The third-order valence-corrected chi connectivity index (χ3v) is 6.31. The first-order chi connectivity index (χ1) is 15.9. The van der Waals surface area contributed by atoms with E-state index in [1.807, 2.05) is 19.9 Å². The first kappa shape index (κ1) is 22.3. The number of carbonyl (C=O) groups excluding carboxylic acids is 1. The van der Waals surface area contributed by atoms with Crippen molar-refractivity contribution in [3.05, 3.63) is 73.6 Å². The van der Waals surface area contributed by atoms with Gasteiger partial charge in [0.15, 0.2) is 5.13 Å². The number of aryl methyl sites for hydroxylation is 2. The number of aromatic nitrogens is 4. The molecule has 0 aliphatic heterocycles. The van der Waals surface area contributed by atoms with Gasteiger partial charge >= 0.3 is 0 Å². The summed E-state index contributed by atoms with van der Waals surface area (Å²) in [5.74, 6) is 0.0446. The Morgan fingerprint density at radius 3 is 2.76 bits per heavy atom. The summed E-state index contributed by atoms with van der Waals surface area (Å²) < 4.78 is 7.04. The molecule has 0 aliphatic rings. The van der Waals surface area contributed by atoms with E-state index in [9.17, 15) is 14.9 Å². The van der Waals surface area contributed by atoms with Gasteiger partial charge in [-0.3, -0.25) is 14.9 Å². The number of nitriles is 1. The highest BCUT2D eigenvalue weighted by molar-refractivity contribution is 7.16. The molecule has 0 atom stereocenters. The fraction of sp³-hybridized carbons (Fsp3) is 0.182. The zero-order valence-electron chi connectivity index (χ0n) is 17.7. The van der Waals surface area contributed by atoms with Crippen LogP contribution in [0.25, 0.3) is 11.0 Å². The minimum Gasteiger partial charge on any atom is -0.487 e. The molecule has 0 saturated carbocycles. The van der Waals surface area contributed by atoms with Crippen LogP contribution in [-0.4, -0.2) is 25.5 Å². The highest BCUT2D eigenvalue weighted by Crippen LogP contribution is 2.19. The fourth-order valence-corrected chi connectivity index (χ4v) is 4.34. The Kier molecular flexibility index (Phi) is 6.58. The second-order valence-electron chi connectivity index (χ2n) is 6.89. The number of benzene rings is 1. The van der Waals surface area contributed by atoms with Crippen LogP contribution in [0, 0.1) is 18.3 Å². The summed E-state index contributed by atoms with van der Waals surface area (Å²) in [4.78, 5) is 34.6. The van der Waals surface area contributed by atoms with E-state index >= 15 is 0 Å². The fourth-order valence-electron chi connectivity index (χ4n) is 2.82. The normalized spacial score (nSPS) is 11.4. The van der Waals surface area contributed by atoms with E-state index in [1.54, 1.807) is 30.5 Å². The van der Waals surface area contributed by atoms with E-state index in [4.69, 9.17) is 4.74 Å². The summed E-state index contributed by atoms with van der Waals surface area (Å²) in [6.07, 6.45) is 3.88. The van der Waals surface area contributed by atoms with Crippen molar-refractivity contribution in [1.82, 2.24) is 19.6 Å². The van der Waals surface area contributed by atoms with Gasteiger partial charge in [0.05, 0.1) is 5.69 Å². The SMILES string of the molecule is CCc1nn2c(=O)cc(COc3ccc(C=C(C#N)C(=O)Nc4ncc(C)s4)cc3)nc2s1. The largest absolute Gasteiger partial charge is 0.487 e. The molecule has 0 bridgehead atoms. The van der Waals surface area contributed by atoms with Crippen molar-refractivity contribution in [3.63, 3.8) is 0 Å². The van der Waals surface area contributed by atoms with Gasteiger partial charge in [-0.2, -0.15) is 14.9 Å². The number of ether oxygens (including phenoxy) is 1. The maximum atomic E-state index is 12.3.